The van der Waals surface area contributed by atoms with E-state index in [-0.39, 0.29) is 24.8 Å². The van der Waals surface area contributed by atoms with Crippen LogP contribution in [-0.4, -0.2) is 48.0 Å². The van der Waals surface area contributed by atoms with Crippen LogP contribution in [0.5, 0.6) is 0 Å². The summed E-state index contributed by atoms with van der Waals surface area (Å²) in [5.74, 6) is -1.11. The first-order chi connectivity index (χ1) is 19.3. The molecule has 1 fully saturated rings. The minimum absolute atomic E-state index is 0.0347. The van der Waals surface area contributed by atoms with Crippen molar-refractivity contribution >= 4 is 63.2 Å². The maximum Gasteiger partial charge on any atom is 0.338 e. The van der Waals surface area contributed by atoms with E-state index in [9.17, 15) is 18.6 Å². The highest BCUT2D eigenvalue weighted by molar-refractivity contribution is 8.00. The SMILES string of the molecule is CCOC(=O)c1ccc(N2C(=O)CC(Sc3nc4ccccc4n3CCc3ccc(NS(=O)O)cc3)C2=O)cc1. The molecule has 1 saturated heterocycles. The van der Waals surface area contributed by atoms with Gasteiger partial charge in [0.05, 0.1) is 28.9 Å². The Morgan fingerprint density at radius 2 is 1.82 bits per heavy atom. The van der Waals surface area contributed by atoms with Crippen molar-refractivity contribution in [2.75, 3.05) is 16.2 Å². The standard InChI is InChI=1S/C28H26N4O6S2/c1-2-38-27(35)19-9-13-21(14-10-19)32-25(33)17-24(26(32)34)39-28-29-22-5-3-4-6-23(22)31(28)16-15-18-7-11-20(12-8-18)30-40(36)37/h3-14,24,30H,2,15-17H2,1H3,(H,36,37). The molecule has 2 amide bonds. The molecule has 3 aromatic carbocycles. The van der Waals surface area contributed by atoms with Crippen LogP contribution in [-0.2, 0) is 38.6 Å². The Labute approximate surface area is 237 Å². The molecule has 2 atom stereocenters. The number of hydrogen-bond acceptors (Lipinski definition) is 7. The van der Waals surface area contributed by atoms with Crippen LogP contribution < -0.4 is 9.62 Å². The third-order valence-electron chi connectivity index (χ3n) is 6.39. The number of aromatic nitrogens is 2. The van der Waals surface area contributed by atoms with Crippen LogP contribution in [0, 0.1) is 0 Å². The molecule has 4 aromatic rings. The first-order valence-corrected chi connectivity index (χ1v) is 14.5. The molecule has 40 heavy (non-hydrogen) atoms. The zero-order valence-corrected chi connectivity index (χ0v) is 23.1. The van der Waals surface area contributed by atoms with Crippen molar-refractivity contribution in [3.8, 4) is 0 Å². The molecule has 0 spiro atoms. The Hall–Kier alpha value is -4.00. The summed E-state index contributed by atoms with van der Waals surface area (Å²) in [6, 6.07) is 21.2. The predicted octanol–water partition coefficient (Wildman–Crippen LogP) is 4.43. The van der Waals surface area contributed by atoms with E-state index in [4.69, 9.17) is 14.3 Å². The van der Waals surface area contributed by atoms with E-state index in [0.29, 0.717) is 35.1 Å². The fourth-order valence-corrected chi connectivity index (χ4v) is 5.99. The molecule has 0 saturated carbocycles. The van der Waals surface area contributed by atoms with Crippen molar-refractivity contribution in [3.05, 3.63) is 83.9 Å². The number of nitrogens with zero attached hydrogens (tertiary/aromatic N) is 3. The monoisotopic (exact) mass is 578 g/mol. The highest BCUT2D eigenvalue weighted by Gasteiger charge is 2.41. The van der Waals surface area contributed by atoms with E-state index >= 15 is 0 Å². The van der Waals surface area contributed by atoms with E-state index in [1.807, 2.05) is 41.0 Å². The average molecular weight is 579 g/mol. The van der Waals surface area contributed by atoms with Crippen molar-refractivity contribution in [1.82, 2.24) is 9.55 Å². The van der Waals surface area contributed by atoms with Gasteiger partial charge in [-0.15, -0.1) is 0 Å². The number of esters is 1. The van der Waals surface area contributed by atoms with E-state index in [0.717, 1.165) is 21.5 Å². The van der Waals surface area contributed by atoms with Gasteiger partial charge in [-0.2, -0.15) is 0 Å². The number of benzene rings is 3. The molecule has 1 aliphatic heterocycles. The lowest BCUT2D eigenvalue weighted by Crippen LogP contribution is -2.31. The zero-order chi connectivity index (χ0) is 28.2. The van der Waals surface area contributed by atoms with E-state index in [2.05, 4.69) is 4.72 Å². The van der Waals surface area contributed by atoms with Crippen molar-refractivity contribution in [2.24, 2.45) is 0 Å². The number of rotatable bonds is 10. The molecule has 5 rings (SSSR count). The largest absolute Gasteiger partial charge is 0.462 e. The molecule has 2 N–H and O–H groups in total. The molecule has 10 nitrogen and oxygen atoms in total. The predicted molar refractivity (Wildman–Crippen MR) is 153 cm³/mol. The van der Waals surface area contributed by atoms with Gasteiger partial charge in [-0.1, -0.05) is 36.0 Å². The van der Waals surface area contributed by atoms with Crippen LogP contribution in [0.3, 0.4) is 0 Å². The Bertz CT molecular complexity index is 1590. The lowest BCUT2D eigenvalue weighted by molar-refractivity contribution is -0.121. The number of fused-ring (bicyclic) bond motifs is 1. The average Bonchev–Trinajstić information content (AvgIpc) is 3.43. The molecular formula is C28H26N4O6S2. The fraction of sp³-hybridized carbons (Fsp3) is 0.214. The number of carbonyl (C=O) groups is 3. The Morgan fingerprint density at radius 3 is 2.52 bits per heavy atom. The summed E-state index contributed by atoms with van der Waals surface area (Å²) in [4.78, 5) is 44.2. The zero-order valence-electron chi connectivity index (χ0n) is 21.5. The van der Waals surface area contributed by atoms with Gasteiger partial charge in [0.2, 0.25) is 11.8 Å². The number of aryl methyl sites for hydroxylation is 2. The van der Waals surface area contributed by atoms with Crippen LogP contribution in [0.15, 0.2) is 78.0 Å². The van der Waals surface area contributed by atoms with Gasteiger partial charge in [0.15, 0.2) is 5.16 Å². The topological polar surface area (TPSA) is 131 Å². The number of para-hydroxylation sites is 2. The summed E-state index contributed by atoms with van der Waals surface area (Å²) in [6.45, 7) is 2.56. The van der Waals surface area contributed by atoms with Crippen LogP contribution in [0.2, 0.25) is 0 Å². The first kappa shape index (κ1) is 27.6. The summed E-state index contributed by atoms with van der Waals surface area (Å²) in [5, 5.41) is -0.00155. The van der Waals surface area contributed by atoms with Crippen LogP contribution >= 0.6 is 11.8 Å². The minimum atomic E-state index is -2.14. The fourth-order valence-electron chi connectivity index (χ4n) is 4.50. The highest BCUT2D eigenvalue weighted by Crippen LogP contribution is 2.35. The van der Waals surface area contributed by atoms with Gasteiger partial charge in [-0.05, 0) is 67.4 Å². The smallest absolute Gasteiger partial charge is 0.338 e. The molecule has 206 valence electrons. The normalized spacial score (nSPS) is 15.9. The van der Waals surface area contributed by atoms with Crippen LogP contribution in [0.25, 0.3) is 11.0 Å². The first-order valence-electron chi connectivity index (χ1n) is 12.6. The van der Waals surface area contributed by atoms with Crippen molar-refractivity contribution in [2.45, 2.75) is 36.7 Å². The van der Waals surface area contributed by atoms with Crippen LogP contribution in [0.4, 0.5) is 11.4 Å². The van der Waals surface area contributed by atoms with E-state index < -0.39 is 22.5 Å². The summed E-state index contributed by atoms with van der Waals surface area (Å²) in [5.41, 5.74) is 4.02. The van der Waals surface area contributed by atoms with Gasteiger partial charge in [-0.25, -0.2) is 18.9 Å². The number of imidazole rings is 1. The van der Waals surface area contributed by atoms with E-state index in [1.54, 1.807) is 43.3 Å². The lowest BCUT2D eigenvalue weighted by atomic mass is 10.1. The number of nitrogens with one attached hydrogen (secondary N) is 1. The number of carbonyl (C=O) groups excluding carboxylic acids is 3. The molecule has 1 aliphatic rings. The molecule has 1 aromatic heterocycles. The maximum atomic E-state index is 13.4. The Kier molecular flexibility index (Phi) is 8.29. The molecule has 0 radical (unpaired) electrons. The number of ether oxygens (including phenoxy) is 1. The number of anilines is 2. The maximum absolute atomic E-state index is 13.4. The molecule has 0 bridgehead atoms. The Morgan fingerprint density at radius 1 is 1.10 bits per heavy atom. The van der Waals surface area contributed by atoms with Gasteiger partial charge in [0, 0.05) is 18.7 Å². The molecule has 2 heterocycles. The van der Waals surface area contributed by atoms with Crippen molar-refractivity contribution in [3.63, 3.8) is 0 Å². The van der Waals surface area contributed by atoms with Gasteiger partial charge >= 0.3 is 5.97 Å². The second-order valence-corrected chi connectivity index (χ2v) is 10.9. The second kappa shape index (κ2) is 12.0. The van der Waals surface area contributed by atoms with E-state index in [1.165, 1.54) is 11.8 Å². The summed E-state index contributed by atoms with van der Waals surface area (Å²) in [6.07, 6.45) is 0.694. The second-order valence-electron chi connectivity index (χ2n) is 8.98. The van der Waals surface area contributed by atoms with Crippen molar-refractivity contribution in [1.29, 1.82) is 0 Å². The van der Waals surface area contributed by atoms with Gasteiger partial charge in [0.1, 0.15) is 5.25 Å². The third-order valence-corrected chi connectivity index (χ3v) is 7.98. The molecule has 12 heteroatoms. The highest BCUT2D eigenvalue weighted by atomic mass is 32.2. The minimum Gasteiger partial charge on any atom is -0.462 e. The van der Waals surface area contributed by atoms with Crippen molar-refractivity contribution < 1.29 is 27.9 Å². The molecule has 2 unspecified atom stereocenters. The summed E-state index contributed by atoms with van der Waals surface area (Å²) in [7, 11) is 0. The van der Waals surface area contributed by atoms with Crippen LogP contribution in [0.1, 0.15) is 29.3 Å². The van der Waals surface area contributed by atoms with Gasteiger partial charge < -0.3 is 9.30 Å². The molecule has 0 aliphatic carbocycles. The number of imide groups is 1. The number of thioether (sulfide) groups is 1. The summed E-state index contributed by atoms with van der Waals surface area (Å²) >= 11 is -0.869. The number of amides is 2. The summed E-state index contributed by atoms with van der Waals surface area (Å²) < 4.78 is 29.4. The number of hydrogen-bond donors (Lipinski definition) is 2. The molecular weight excluding hydrogens is 552 g/mol. The lowest BCUT2D eigenvalue weighted by Gasteiger charge is -2.15. The van der Waals surface area contributed by atoms with Gasteiger partial charge in [-0.3, -0.25) is 18.9 Å². The Balaban J connectivity index is 1.33. The third kappa shape index (κ3) is 5.93. The van der Waals surface area contributed by atoms with Gasteiger partial charge in [0.25, 0.3) is 11.3 Å². The quantitative estimate of drug-likeness (QED) is 0.161.